The number of rotatable bonds is 6. The van der Waals surface area contributed by atoms with Crippen LogP contribution in [0.2, 0.25) is 0 Å². The van der Waals surface area contributed by atoms with Gasteiger partial charge in [-0.25, -0.2) is 0 Å². The largest absolute Gasteiger partial charge is 0.497 e. The average Bonchev–Trinajstić information content (AvgIpc) is 2.28. The van der Waals surface area contributed by atoms with Crippen LogP contribution >= 0.6 is 12.2 Å². The zero-order valence-corrected chi connectivity index (χ0v) is 11.1. The highest BCUT2D eigenvalue weighted by Gasteiger charge is 2.08. The minimum absolute atomic E-state index is 0.162. The highest BCUT2D eigenvalue weighted by molar-refractivity contribution is 7.80. The van der Waals surface area contributed by atoms with Gasteiger partial charge in [0.05, 0.1) is 24.9 Å². The fraction of sp³-hybridized carbons (Fsp3) is 0.417. The standard InChI is InChI=1S/C12H18N2O2S/c1-8(6-12(13)17)14-10-5-4-9(15-2)7-11(10)16-3/h4-5,7-8,14H,6H2,1-3H3,(H2,13,17). The van der Waals surface area contributed by atoms with Crippen LogP contribution in [0.3, 0.4) is 0 Å². The van der Waals surface area contributed by atoms with Crippen molar-refractivity contribution >= 4 is 22.9 Å². The molecule has 1 rings (SSSR count). The Kier molecular flexibility index (Phi) is 5.03. The lowest BCUT2D eigenvalue weighted by Gasteiger charge is -2.17. The van der Waals surface area contributed by atoms with Gasteiger partial charge in [-0.3, -0.25) is 0 Å². The summed E-state index contributed by atoms with van der Waals surface area (Å²) in [4.78, 5) is 0.498. The zero-order valence-electron chi connectivity index (χ0n) is 10.3. The maximum Gasteiger partial charge on any atom is 0.145 e. The molecule has 0 saturated carbocycles. The summed E-state index contributed by atoms with van der Waals surface area (Å²) in [5.74, 6) is 1.49. The number of thiocarbonyl (C=S) groups is 1. The Morgan fingerprint density at radius 1 is 1.41 bits per heavy atom. The van der Waals surface area contributed by atoms with Crippen molar-refractivity contribution in [3.8, 4) is 11.5 Å². The molecule has 0 bridgehead atoms. The van der Waals surface area contributed by atoms with Crippen LogP contribution in [0.25, 0.3) is 0 Å². The van der Waals surface area contributed by atoms with Crippen LogP contribution in [-0.2, 0) is 0 Å². The van der Waals surface area contributed by atoms with Crippen molar-refractivity contribution < 1.29 is 9.47 Å². The van der Waals surface area contributed by atoms with Gasteiger partial charge in [-0.2, -0.15) is 0 Å². The Morgan fingerprint density at radius 3 is 2.65 bits per heavy atom. The first-order valence-electron chi connectivity index (χ1n) is 5.33. The summed E-state index contributed by atoms with van der Waals surface area (Å²) in [5.41, 5.74) is 6.40. The van der Waals surface area contributed by atoms with Crippen LogP contribution in [-0.4, -0.2) is 25.2 Å². The van der Waals surface area contributed by atoms with Gasteiger partial charge in [0, 0.05) is 18.5 Å². The Balaban J connectivity index is 2.79. The zero-order chi connectivity index (χ0) is 12.8. The van der Waals surface area contributed by atoms with Gasteiger partial charge in [0.15, 0.2) is 0 Å². The van der Waals surface area contributed by atoms with Crippen molar-refractivity contribution in [1.29, 1.82) is 0 Å². The fourth-order valence-electron chi connectivity index (χ4n) is 1.54. The summed E-state index contributed by atoms with van der Waals surface area (Å²) in [6.07, 6.45) is 0.643. The molecule has 0 radical (unpaired) electrons. The highest BCUT2D eigenvalue weighted by atomic mass is 32.1. The Bertz CT molecular complexity index is 396. The van der Waals surface area contributed by atoms with E-state index in [0.29, 0.717) is 11.4 Å². The third-order valence-electron chi connectivity index (χ3n) is 2.32. The molecular weight excluding hydrogens is 236 g/mol. The first-order chi connectivity index (χ1) is 8.06. The number of anilines is 1. The van der Waals surface area contributed by atoms with E-state index in [1.165, 1.54) is 0 Å². The van der Waals surface area contributed by atoms with Gasteiger partial charge in [-0.05, 0) is 19.1 Å². The molecule has 0 amide bonds. The van der Waals surface area contributed by atoms with Crippen LogP contribution in [0.15, 0.2) is 18.2 Å². The average molecular weight is 254 g/mol. The van der Waals surface area contributed by atoms with E-state index >= 15 is 0 Å². The van der Waals surface area contributed by atoms with E-state index in [4.69, 9.17) is 27.4 Å². The molecule has 1 unspecified atom stereocenters. The van der Waals surface area contributed by atoms with Gasteiger partial charge >= 0.3 is 0 Å². The number of nitrogens with one attached hydrogen (secondary N) is 1. The predicted molar refractivity (Wildman–Crippen MR) is 74.0 cm³/mol. The molecule has 0 aliphatic heterocycles. The molecule has 0 aromatic heterocycles. The summed E-state index contributed by atoms with van der Waals surface area (Å²) < 4.78 is 10.4. The van der Waals surface area contributed by atoms with Gasteiger partial charge in [0.2, 0.25) is 0 Å². The minimum atomic E-state index is 0.162. The molecule has 1 atom stereocenters. The summed E-state index contributed by atoms with van der Waals surface area (Å²) in [6, 6.07) is 5.77. The third kappa shape index (κ3) is 4.11. The lowest BCUT2D eigenvalue weighted by atomic mass is 10.2. The Labute approximate surface area is 107 Å². The van der Waals surface area contributed by atoms with Crippen molar-refractivity contribution in [2.45, 2.75) is 19.4 Å². The number of nitrogens with two attached hydrogens (primary N) is 1. The van der Waals surface area contributed by atoms with E-state index in [0.717, 1.165) is 17.2 Å². The molecule has 0 saturated heterocycles. The number of ether oxygens (including phenoxy) is 2. The summed E-state index contributed by atoms with van der Waals surface area (Å²) in [6.45, 7) is 2.02. The van der Waals surface area contributed by atoms with Crippen LogP contribution < -0.4 is 20.5 Å². The first-order valence-corrected chi connectivity index (χ1v) is 5.74. The molecule has 0 aliphatic carbocycles. The molecule has 0 fully saturated rings. The number of hydrogen-bond acceptors (Lipinski definition) is 4. The minimum Gasteiger partial charge on any atom is -0.497 e. The highest BCUT2D eigenvalue weighted by Crippen LogP contribution is 2.29. The van der Waals surface area contributed by atoms with Crippen LogP contribution in [0.4, 0.5) is 5.69 Å². The number of hydrogen-bond donors (Lipinski definition) is 2. The molecule has 5 heteroatoms. The predicted octanol–water partition coefficient (Wildman–Crippen LogP) is 2.18. The maximum absolute atomic E-state index is 5.50. The van der Waals surface area contributed by atoms with E-state index in [1.807, 2.05) is 25.1 Å². The first kappa shape index (κ1) is 13.6. The Hall–Kier alpha value is -1.49. The van der Waals surface area contributed by atoms with E-state index in [9.17, 15) is 0 Å². The van der Waals surface area contributed by atoms with Gasteiger partial charge < -0.3 is 20.5 Å². The third-order valence-corrected chi connectivity index (χ3v) is 2.48. The van der Waals surface area contributed by atoms with Crippen molar-refractivity contribution in [3.05, 3.63) is 18.2 Å². The van der Waals surface area contributed by atoms with Gasteiger partial charge in [-0.1, -0.05) is 12.2 Å². The maximum atomic E-state index is 5.50. The van der Waals surface area contributed by atoms with Crippen molar-refractivity contribution in [3.63, 3.8) is 0 Å². The Morgan fingerprint density at radius 2 is 2.12 bits per heavy atom. The molecule has 0 heterocycles. The molecule has 17 heavy (non-hydrogen) atoms. The van der Waals surface area contributed by atoms with Crippen molar-refractivity contribution in [1.82, 2.24) is 0 Å². The second-order valence-corrected chi connectivity index (χ2v) is 4.31. The van der Waals surface area contributed by atoms with Crippen LogP contribution in [0.5, 0.6) is 11.5 Å². The van der Waals surface area contributed by atoms with Crippen LogP contribution in [0.1, 0.15) is 13.3 Å². The van der Waals surface area contributed by atoms with E-state index < -0.39 is 0 Å². The van der Waals surface area contributed by atoms with Crippen molar-refractivity contribution in [2.75, 3.05) is 19.5 Å². The topological polar surface area (TPSA) is 56.5 Å². The smallest absolute Gasteiger partial charge is 0.145 e. The fourth-order valence-corrected chi connectivity index (χ4v) is 1.79. The molecule has 4 nitrogen and oxygen atoms in total. The summed E-state index contributed by atoms with van der Waals surface area (Å²) in [5, 5.41) is 3.30. The lowest BCUT2D eigenvalue weighted by molar-refractivity contribution is 0.395. The molecular formula is C12H18N2O2S. The quantitative estimate of drug-likeness (QED) is 0.762. The van der Waals surface area contributed by atoms with Gasteiger partial charge in [0.25, 0.3) is 0 Å². The second-order valence-electron chi connectivity index (χ2n) is 3.78. The monoisotopic (exact) mass is 254 g/mol. The summed E-state index contributed by atoms with van der Waals surface area (Å²) >= 11 is 4.88. The molecule has 3 N–H and O–H groups in total. The summed E-state index contributed by atoms with van der Waals surface area (Å²) in [7, 11) is 3.25. The van der Waals surface area contributed by atoms with Gasteiger partial charge in [-0.15, -0.1) is 0 Å². The normalized spacial score (nSPS) is 11.7. The number of benzene rings is 1. The van der Waals surface area contributed by atoms with E-state index in [2.05, 4.69) is 5.32 Å². The van der Waals surface area contributed by atoms with Crippen LogP contribution in [0, 0.1) is 0 Å². The number of methoxy groups -OCH3 is 2. The SMILES string of the molecule is COc1ccc(NC(C)CC(N)=S)c(OC)c1. The van der Waals surface area contributed by atoms with E-state index in [1.54, 1.807) is 14.2 Å². The van der Waals surface area contributed by atoms with E-state index in [-0.39, 0.29) is 6.04 Å². The van der Waals surface area contributed by atoms with Gasteiger partial charge in [0.1, 0.15) is 11.5 Å². The molecule has 1 aromatic rings. The molecule has 0 aliphatic rings. The van der Waals surface area contributed by atoms with Crippen molar-refractivity contribution in [2.24, 2.45) is 5.73 Å². The molecule has 1 aromatic carbocycles. The molecule has 94 valence electrons. The molecule has 0 spiro atoms. The lowest BCUT2D eigenvalue weighted by Crippen LogP contribution is -2.23. The second kappa shape index (κ2) is 6.30.